The van der Waals surface area contributed by atoms with E-state index in [2.05, 4.69) is 10.1 Å². The molecule has 7 nitrogen and oxygen atoms in total. The van der Waals surface area contributed by atoms with Crippen LogP contribution in [0.4, 0.5) is 9.59 Å². The number of alkyl carbamates (subject to hydrolysis) is 1. The van der Waals surface area contributed by atoms with Crippen LogP contribution >= 0.6 is 0 Å². The highest BCUT2D eigenvalue weighted by molar-refractivity contribution is 5.93. The molecular weight excluding hydrogens is 300 g/mol. The number of nitrogens with one attached hydrogen (secondary N) is 1. The van der Waals surface area contributed by atoms with Crippen LogP contribution in [0, 0.1) is 0 Å². The van der Waals surface area contributed by atoms with Crippen LogP contribution in [0.25, 0.3) is 0 Å². The number of carbonyl (C=O) groups excluding carboxylic acids is 3. The molecule has 2 fully saturated rings. The van der Waals surface area contributed by atoms with Gasteiger partial charge in [0.1, 0.15) is 13.2 Å². The number of cyclic esters (lactones) is 2. The van der Waals surface area contributed by atoms with E-state index in [-0.39, 0.29) is 18.0 Å². The van der Waals surface area contributed by atoms with Gasteiger partial charge in [-0.15, -0.1) is 0 Å². The molecule has 23 heavy (non-hydrogen) atoms. The number of ether oxygens (including phenoxy) is 2. The summed E-state index contributed by atoms with van der Waals surface area (Å²) in [6, 6.07) is 9.62. The van der Waals surface area contributed by atoms with E-state index < -0.39 is 6.09 Å². The van der Waals surface area contributed by atoms with Crippen molar-refractivity contribution in [1.29, 1.82) is 0 Å². The van der Waals surface area contributed by atoms with Crippen molar-refractivity contribution in [3.63, 3.8) is 0 Å². The summed E-state index contributed by atoms with van der Waals surface area (Å²) in [5, 5.41) is 2.46. The van der Waals surface area contributed by atoms with E-state index in [4.69, 9.17) is 4.74 Å². The second-order valence-corrected chi connectivity index (χ2v) is 5.10. The van der Waals surface area contributed by atoms with Gasteiger partial charge in [-0.25, -0.2) is 14.5 Å². The maximum Gasteiger partial charge on any atom is 0.416 e. The molecular formula is C16H20N2O5. The first-order valence-electron chi connectivity index (χ1n) is 7.55. The molecule has 0 aromatic heterocycles. The van der Waals surface area contributed by atoms with E-state index in [0.29, 0.717) is 32.6 Å². The minimum atomic E-state index is -0.516. The molecule has 2 saturated heterocycles. The summed E-state index contributed by atoms with van der Waals surface area (Å²) in [7, 11) is 0. The van der Waals surface area contributed by atoms with Gasteiger partial charge in [-0.1, -0.05) is 37.3 Å². The fourth-order valence-corrected chi connectivity index (χ4v) is 2.32. The van der Waals surface area contributed by atoms with E-state index in [1.165, 1.54) is 4.90 Å². The van der Waals surface area contributed by atoms with Crippen molar-refractivity contribution in [2.45, 2.75) is 25.8 Å². The minimum absolute atomic E-state index is 0.169. The maximum absolute atomic E-state index is 11.7. The molecule has 0 saturated carbocycles. The van der Waals surface area contributed by atoms with Crippen molar-refractivity contribution in [2.24, 2.45) is 0 Å². The summed E-state index contributed by atoms with van der Waals surface area (Å²) < 4.78 is 9.34. The lowest BCUT2D eigenvalue weighted by Gasteiger charge is -2.18. The first-order chi connectivity index (χ1) is 11.1. The molecule has 0 spiro atoms. The lowest BCUT2D eigenvalue weighted by Crippen LogP contribution is -2.39. The van der Waals surface area contributed by atoms with Crippen molar-refractivity contribution in [3.05, 3.63) is 35.9 Å². The molecule has 2 aliphatic heterocycles. The van der Waals surface area contributed by atoms with Crippen LogP contribution in [0.3, 0.4) is 0 Å². The van der Waals surface area contributed by atoms with E-state index in [1.54, 1.807) is 6.92 Å². The lowest BCUT2D eigenvalue weighted by atomic mass is 10.1. The SMILES string of the molecule is CCC(=O)N1C(=O)OCC1Cc1ccccc1.O=C1NCCO1. The third-order valence-electron chi connectivity index (χ3n) is 3.45. The van der Waals surface area contributed by atoms with E-state index in [0.717, 1.165) is 5.56 Å². The number of benzene rings is 1. The van der Waals surface area contributed by atoms with Gasteiger partial charge in [-0.2, -0.15) is 0 Å². The monoisotopic (exact) mass is 320 g/mol. The van der Waals surface area contributed by atoms with Crippen LogP contribution in [-0.4, -0.2) is 48.8 Å². The summed E-state index contributed by atoms with van der Waals surface area (Å²) in [6.45, 7) is 3.23. The van der Waals surface area contributed by atoms with Crippen LogP contribution in [0.15, 0.2) is 30.3 Å². The van der Waals surface area contributed by atoms with Gasteiger partial charge in [0.25, 0.3) is 0 Å². The van der Waals surface area contributed by atoms with Gasteiger partial charge in [-0.3, -0.25) is 4.79 Å². The molecule has 7 heteroatoms. The Labute approximate surface area is 134 Å². The van der Waals surface area contributed by atoms with Crippen LogP contribution in [0.1, 0.15) is 18.9 Å². The van der Waals surface area contributed by atoms with Crippen molar-refractivity contribution in [2.75, 3.05) is 19.8 Å². The summed E-state index contributed by atoms with van der Waals surface area (Å²) in [6.07, 6.45) is 0.159. The number of carbonyl (C=O) groups is 3. The molecule has 124 valence electrons. The number of hydrogen-bond donors (Lipinski definition) is 1. The van der Waals surface area contributed by atoms with Gasteiger partial charge in [0.15, 0.2) is 0 Å². The average Bonchev–Trinajstić information content (AvgIpc) is 3.18. The predicted molar refractivity (Wildman–Crippen MR) is 81.8 cm³/mol. The molecule has 3 rings (SSSR count). The van der Waals surface area contributed by atoms with Crippen molar-refractivity contribution in [1.82, 2.24) is 10.2 Å². The Kier molecular flexibility index (Phi) is 5.96. The highest BCUT2D eigenvalue weighted by Gasteiger charge is 2.36. The summed E-state index contributed by atoms with van der Waals surface area (Å²) in [4.78, 5) is 34.3. The minimum Gasteiger partial charge on any atom is -0.448 e. The molecule has 1 atom stereocenters. The zero-order chi connectivity index (χ0) is 16.7. The van der Waals surface area contributed by atoms with Crippen LogP contribution in [0.2, 0.25) is 0 Å². The zero-order valence-corrected chi connectivity index (χ0v) is 13.0. The molecule has 1 aromatic carbocycles. The van der Waals surface area contributed by atoms with Crippen LogP contribution in [-0.2, 0) is 20.7 Å². The average molecular weight is 320 g/mol. The summed E-state index contributed by atoms with van der Waals surface area (Å²) in [5.41, 5.74) is 1.10. The van der Waals surface area contributed by atoms with E-state index in [9.17, 15) is 14.4 Å². The van der Waals surface area contributed by atoms with Gasteiger partial charge in [0.2, 0.25) is 5.91 Å². The molecule has 0 aliphatic carbocycles. The fraction of sp³-hybridized carbons (Fsp3) is 0.438. The molecule has 0 radical (unpaired) electrons. The smallest absolute Gasteiger partial charge is 0.416 e. The molecule has 1 aromatic rings. The zero-order valence-electron chi connectivity index (χ0n) is 13.0. The molecule has 2 heterocycles. The fourth-order valence-electron chi connectivity index (χ4n) is 2.32. The highest BCUT2D eigenvalue weighted by atomic mass is 16.6. The first-order valence-corrected chi connectivity index (χ1v) is 7.55. The van der Waals surface area contributed by atoms with Crippen molar-refractivity contribution < 1.29 is 23.9 Å². The Morgan fingerprint density at radius 2 is 2.00 bits per heavy atom. The Balaban J connectivity index is 0.000000268. The van der Waals surface area contributed by atoms with E-state index >= 15 is 0 Å². The number of amides is 3. The van der Waals surface area contributed by atoms with E-state index in [1.807, 2.05) is 30.3 Å². The van der Waals surface area contributed by atoms with Gasteiger partial charge in [0.05, 0.1) is 12.6 Å². The third-order valence-corrected chi connectivity index (χ3v) is 3.45. The highest BCUT2D eigenvalue weighted by Crippen LogP contribution is 2.18. The molecule has 1 unspecified atom stereocenters. The molecule has 1 N–H and O–H groups in total. The Hall–Kier alpha value is -2.57. The topological polar surface area (TPSA) is 84.9 Å². The van der Waals surface area contributed by atoms with Gasteiger partial charge < -0.3 is 14.8 Å². The van der Waals surface area contributed by atoms with Gasteiger partial charge >= 0.3 is 12.2 Å². The Morgan fingerprint density at radius 1 is 1.26 bits per heavy atom. The van der Waals surface area contributed by atoms with Gasteiger partial charge in [0, 0.05) is 6.42 Å². The first kappa shape index (κ1) is 16.8. The summed E-state index contributed by atoms with van der Waals surface area (Å²) >= 11 is 0. The normalized spacial score (nSPS) is 19.3. The number of imide groups is 1. The predicted octanol–water partition coefficient (Wildman–Crippen LogP) is 1.71. The van der Waals surface area contributed by atoms with Crippen molar-refractivity contribution in [3.8, 4) is 0 Å². The number of hydrogen-bond acceptors (Lipinski definition) is 5. The molecule has 0 bridgehead atoms. The van der Waals surface area contributed by atoms with Crippen LogP contribution in [0.5, 0.6) is 0 Å². The summed E-state index contributed by atoms with van der Waals surface area (Å²) in [5.74, 6) is -0.173. The maximum atomic E-state index is 11.7. The Morgan fingerprint density at radius 3 is 2.52 bits per heavy atom. The molecule has 3 amide bonds. The quantitative estimate of drug-likeness (QED) is 0.916. The third kappa shape index (κ3) is 4.70. The van der Waals surface area contributed by atoms with Gasteiger partial charge in [-0.05, 0) is 12.0 Å². The van der Waals surface area contributed by atoms with Crippen LogP contribution < -0.4 is 5.32 Å². The Bertz CT molecular complexity index is 553. The standard InChI is InChI=1S/C13H15NO3.C3H5NO2/c1-2-12(15)14-11(9-17-13(14)16)8-10-6-4-3-5-7-10;5-3-4-1-2-6-3/h3-7,11H,2,8-9H2,1H3;1-2H2,(H,4,5). The lowest BCUT2D eigenvalue weighted by molar-refractivity contribution is -0.128. The second kappa shape index (κ2) is 8.17. The van der Waals surface area contributed by atoms with Crippen molar-refractivity contribution >= 4 is 18.1 Å². The molecule has 2 aliphatic rings. The largest absolute Gasteiger partial charge is 0.448 e. The number of nitrogens with zero attached hydrogens (tertiary/aromatic N) is 1. The number of rotatable bonds is 3. The second-order valence-electron chi connectivity index (χ2n) is 5.10.